The molecule has 35 heavy (non-hydrogen) atoms. The molecule has 0 atom stereocenters. The highest BCUT2D eigenvalue weighted by Gasteiger charge is 2.19. The van der Waals surface area contributed by atoms with Crippen molar-refractivity contribution in [2.24, 2.45) is 0 Å². The number of aromatic nitrogens is 2. The van der Waals surface area contributed by atoms with Gasteiger partial charge in [-0.3, -0.25) is 4.79 Å². The number of methoxy groups -OCH3 is 1. The topological polar surface area (TPSA) is 91.7 Å². The fourth-order valence-corrected chi connectivity index (χ4v) is 3.44. The lowest BCUT2D eigenvalue weighted by Crippen LogP contribution is -2.15. The Morgan fingerprint density at radius 2 is 1.71 bits per heavy atom. The molecule has 0 fully saturated rings. The second-order valence-corrected chi connectivity index (χ2v) is 7.48. The van der Waals surface area contributed by atoms with Gasteiger partial charge in [0.05, 0.1) is 25.0 Å². The summed E-state index contributed by atoms with van der Waals surface area (Å²) in [5.74, 6) is 0.296. The Kier molecular flexibility index (Phi) is 7.42. The predicted octanol–water partition coefficient (Wildman–Crippen LogP) is 4.74. The number of carbonyl (C=O) groups excluding carboxylic acids is 2. The number of rotatable bonds is 9. The maximum Gasteiger partial charge on any atom is 0.344 e. The maximum atomic E-state index is 13.4. The SMILES string of the molecule is CCOC(=O)COc1cccc(NC(=O)c2cn(-c3ccccc3)nc2-c2cccc(OC)c2)c1. The molecule has 8 nitrogen and oxygen atoms in total. The molecular weight excluding hydrogens is 446 g/mol. The Bertz CT molecular complexity index is 1320. The van der Waals surface area contributed by atoms with Gasteiger partial charge in [0.15, 0.2) is 6.61 Å². The average Bonchev–Trinajstić information content (AvgIpc) is 3.34. The minimum atomic E-state index is -0.460. The molecule has 0 aliphatic rings. The number of hydrogen-bond donors (Lipinski definition) is 1. The molecule has 0 unspecified atom stereocenters. The van der Waals surface area contributed by atoms with Crippen LogP contribution < -0.4 is 14.8 Å². The molecule has 0 aliphatic heterocycles. The van der Waals surface area contributed by atoms with Crippen LogP contribution in [-0.2, 0) is 9.53 Å². The molecule has 1 heterocycles. The molecule has 8 heteroatoms. The first-order valence-corrected chi connectivity index (χ1v) is 11.1. The van der Waals surface area contributed by atoms with Crippen LogP contribution >= 0.6 is 0 Å². The highest BCUT2D eigenvalue weighted by atomic mass is 16.6. The number of nitrogens with zero attached hydrogens (tertiary/aromatic N) is 2. The molecule has 0 aliphatic carbocycles. The fourth-order valence-electron chi connectivity index (χ4n) is 3.44. The van der Waals surface area contributed by atoms with Crippen molar-refractivity contribution in [2.75, 3.05) is 25.6 Å². The summed E-state index contributed by atoms with van der Waals surface area (Å²) in [6.07, 6.45) is 1.70. The smallest absolute Gasteiger partial charge is 0.344 e. The van der Waals surface area contributed by atoms with Crippen LogP contribution in [0.4, 0.5) is 5.69 Å². The van der Waals surface area contributed by atoms with Gasteiger partial charge < -0.3 is 19.5 Å². The van der Waals surface area contributed by atoms with Crippen molar-refractivity contribution in [3.63, 3.8) is 0 Å². The standard InChI is InChI=1S/C27H25N3O5/c1-3-34-25(31)18-35-23-14-8-10-20(16-23)28-27(32)24-17-30(21-11-5-4-6-12-21)29-26(24)19-9-7-13-22(15-19)33-2/h4-17H,3,18H2,1-2H3,(H,28,32). The zero-order valence-electron chi connectivity index (χ0n) is 19.4. The number of amides is 1. The van der Waals surface area contributed by atoms with E-state index in [1.54, 1.807) is 49.2 Å². The number of anilines is 1. The first-order chi connectivity index (χ1) is 17.1. The monoisotopic (exact) mass is 471 g/mol. The van der Waals surface area contributed by atoms with Gasteiger partial charge in [-0.15, -0.1) is 0 Å². The Hall–Kier alpha value is -4.59. The number of ether oxygens (including phenoxy) is 3. The van der Waals surface area contributed by atoms with E-state index in [1.165, 1.54) is 0 Å². The molecule has 1 N–H and O–H groups in total. The number of para-hydroxylation sites is 1. The van der Waals surface area contributed by atoms with Crippen LogP contribution in [0.3, 0.4) is 0 Å². The molecule has 0 radical (unpaired) electrons. The van der Waals surface area contributed by atoms with E-state index >= 15 is 0 Å². The lowest BCUT2D eigenvalue weighted by Gasteiger charge is -2.09. The number of benzene rings is 3. The molecule has 4 rings (SSSR count). The van der Waals surface area contributed by atoms with Crippen molar-refractivity contribution >= 4 is 17.6 Å². The van der Waals surface area contributed by atoms with E-state index < -0.39 is 5.97 Å². The summed E-state index contributed by atoms with van der Waals surface area (Å²) in [6.45, 7) is 1.80. The summed E-state index contributed by atoms with van der Waals surface area (Å²) in [5, 5.41) is 7.59. The third kappa shape index (κ3) is 5.86. The summed E-state index contributed by atoms with van der Waals surface area (Å²) in [7, 11) is 1.59. The molecule has 0 bridgehead atoms. The Labute approximate surface area is 203 Å². The number of nitrogens with one attached hydrogen (secondary N) is 1. The highest BCUT2D eigenvalue weighted by Crippen LogP contribution is 2.28. The van der Waals surface area contributed by atoms with E-state index in [9.17, 15) is 9.59 Å². The van der Waals surface area contributed by atoms with Gasteiger partial charge in [0.2, 0.25) is 0 Å². The summed E-state index contributed by atoms with van der Waals surface area (Å²) >= 11 is 0. The van der Waals surface area contributed by atoms with E-state index in [0.717, 1.165) is 11.3 Å². The maximum absolute atomic E-state index is 13.4. The van der Waals surface area contributed by atoms with Crippen molar-refractivity contribution in [1.29, 1.82) is 0 Å². The largest absolute Gasteiger partial charge is 0.497 e. The molecule has 1 aromatic heterocycles. The number of hydrogen-bond acceptors (Lipinski definition) is 6. The van der Waals surface area contributed by atoms with Crippen LogP contribution in [0.15, 0.2) is 85.1 Å². The zero-order chi connectivity index (χ0) is 24.6. The molecule has 0 saturated carbocycles. The third-order valence-electron chi connectivity index (χ3n) is 5.08. The van der Waals surface area contributed by atoms with Crippen LogP contribution in [0.5, 0.6) is 11.5 Å². The van der Waals surface area contributed by atoms with Crippen molar-refractivity contribution in [1.82, 2.24) is 9.78 Å². The summed E-state index contributed by atoms with van der Waals surface area (Å²) in [4.78, 5) is 24.9. The van der Waals surface area contributed by atoms with Gasteiger partial charge in [-0.05, 0) is 43.3 Å². The Morgan fingerprint density at radius 1 is 0.943 bits per heavy atom. The molecule has 0 saturated heterocycles. The van der Waals surface area contributed by atoms with E-state index in [1.807, 2.05) is 54.6 Å². The third-order valence-corrected chi connectivity index (χ3v) is 5.08. The van der Waals surface area contributed by atoms with Gasteiger partial charge >= 0.3 is 5.97 Å². The second kappa shape index (κ2) is 11.0. The quantitative estimate of drug-likeness (QED) is 0.355. The number of esters is 1. The van der Waals surface area contributed by atoms with Crippen LogP contribution in [-0.4, -0.2) is 42.0 Å². The van der Waals surface area contributed by atoms with Gasteiger partial charge in [-0.2, -0.15) is 5.10 Å². The molecular formula is C27H25N3O5. The van der Waals surface area contributed by atoms with Crippen LogP contribution in [0, 0.1) is 0 Å². The van der Waals surface area contributed by atoms with Crippen molar-refractivity contribution in [3.05, 3.63) is 90.6 Å². The van der Waals surface area contributed by atoms with Crippen LogP contribution in [0.2, 0.25) is 0 Å². The molecule has 3 aromatic carbocycles. The normalized spacial score (nSPS) is 10.5. The second-order valence-electron chi connectivity index (χ2n) is 7.48. The van der Waals surface area contributed by atoms with Gasteiger partial charge in [-0.1, -0.05) is 36.4 Å². The summed E-state index contributed by atoms with van der Waals surface area (Å²) in [6, 6.07) is 23.7. The minimum Gasteiger partial charge on any atom is -0.497 e. The molecule has 1 amide bonds. The first-order valence-electron chi connectivity index (χ1n) is 11.1. The van der Waals surface area contributed by atoms with Gasteiger partial charge in [-0.25, -0.2) is 9.48 Å². The van der Waals surface area contributed by atoms with E-state index in [-0.39, 0.29) is 19.1 Å². The Morgan fingerprint density at radius 3 is 2.49 bits per heavy atom. The van der Waals surface area contributed by atoms with Gasteiger partial charge in [0.25, 0.3) is 5.91 Å². The predicted molar refractivity (Wildman–Crippen MR) is 132 cm³/mol. The molecule has 4 aromatic rings. The average molecular weight is 472 g/mol. The van der Waals surface area contributed by atoms with E-state index in [2.05, 4.69) is 5.32 Å². The minimum absolute atomic E-state index is 0.213. The highest BCUT2D eigenvalue weighted by molar-refractivity contribution is 6.08. The van der Waals surface area contributed by atoms with E-state index in [4.69, 9.17) is 19.3 Å². The van der Waals surface area contributed by atoms with Crippen LogP contribution in [0.25, 0.3) is 16.9 Å². The lowest BCUT2D eigenvalue weighted by molar-refractivity contribution is -0.145. The van der Waals surface area contributed by atoms with Crippen molar-refractivity contribution in [2.45, 2.75) is 6.92 Å². The summed E-state index contributed by atoms with van der Waals surface area (Å²) in [5.41, 5.74) is 2.99. The first kappa shape index (κ1) is 23.6. The van der Waals surface area contributed by atoms with Gasteiger partial charge in [0, 0.05) is 23.5 Å². The Balaban J connectivity index is 1.62. The fraction of sp³-hybridized carbons (Fsp3) is 0.148. The van der Waals surface area contributed by atoms with Gasteiger partial charge in [0.1, 0.15) is 17.2 Å². The molecule has 0 spiro atoms. The van der Waals surface area contributed by atoms with Crippen molar-refractivity contribution < 1.29 is 23.8 Å². The lowest BCUT2D eigenvalue weighted by atomic mass is 10.1. The molecule has 178 valence electrons. The number of carbonyl (C=O) groups is 2. The van der Waals surface area contributed by atoms with Crippen molar-refractivity contribution in [3.8, 4) is 28.4 Å². The summed E-state index contributed by atoms with van der Waals surface area (Å²) < 4.78 is 17.4. The zero-order valence-corrected chi connectivity index (χ0v) is 19.4. The van der Waals surface area contributed by atoms with Crippen LogP contribution in [0.1, 0.15) is 17.3 Å². The van der Waals surface area contributed by atoms with E-state index in [0.29, 0.717) is 28.4 Å².